The molecular weight excluding hydrogens is 496 g/mol. The molecule has 2 saturated heterocycles. The summed E-state index contributed by atoms with van der Waals surface area (Å²) in [5.74, 6) is 0.206. The Hall–Kier alpha value is -4.74. The fourth-order valence-corrected chi connectivity index (χ4v) is 6.10. The minimum atomic E-state index is -0.118. The van der Waals surface area contributed by atoms with E-state index >= 15 is 0 Å². The van der Waals surface area contributed by atoms with Crippen molar-refractivity contribution in [2.75, 3.05) is 0 Å². The monoisotopic (exact) mass is 522 g/mol. The molecule has 12 nitrogen and oxygen atoms in total. The number of hydrogen-bond donors (Lipinski definition) is 1. The molecule has 1 N–H and O–H groups in total. The first-order valence-electron chi connectivity index (χ1n) is 13.1. The van der Waals surface area contributed by atoms with Gasteiger partial charge in [0.2, 0.25) is 5.82 Å². The smallest absolute Gasteiger partial charge is 0.291 e. The molecule has 2 fully saturated rings. The van der Waals surface area contributed by atoms with E-state index in [0.29, 0.717) is 11.2 Å². The molecular formula is C27H26N10O2. The van der Waals surface area contributed by atoms with Crippen LogP contribution in [0.3, 0.4) is 0 Å². The van der Waals surface area contributed by atoms with E-state index < -0.39 is 0 Å². The zero-order valence-electron chi connectivity index (χ0n) is 21.3. The molecule has 5 aromatic heterocycles. The van der Waals surface area contributed by atoms with E-state index in [2.05, 4.69) is 30.4 Å². The highest BCUT2D eigenvalue weighted by molar-refractivity contribution is 5.91. The highest BCUT2D eigenvalue weighted by Gasteiger charge is 2.45. The Balaban J connectivity index is 1.20. The van der Waals surface area contributed by atoms with Gasteiger partial charge >= 0.3 is 0 Å². The number of hydrogen-bond acceptors (Lipinski definition) is 8. The van der Waals surface area contributed by atoms with Crippen LogP contribution in [0, 0.1) is 0 Å². The number of H-pyrrole nitrogens is 1. The quantitative estimate of drug-likeness (QED) is 0.336. The molecule has 2 bridgehead atoms. The number of carbonyl (C=O) groups excluding carboxylic acids is 2. The topological polar surface area (TPSA) is 140 Å². The normalized spacial score (nSPS) is 20.5. The standard InChI is InChI=1S/C27H26N10O2/c1-2-35-8-7-23(34-35)22-6-3-16(11-28-22)21-12-31-36-13-18(14-38)24(32-26(21)36)17-9-19-4-5-20(10-17)37(19)27(39)25-29-15-30-33-25/h3,6-8,11-15,17,19-20H,2,4-5,9-10H2,1H3,(H,29,30,33). The molecule has 196 valence electrons. The van der Waals surface area contributed by atoms with E-state index in [1.807, 2.05) is 40.9 Å². The van der Waals surface area contributed by atoms with Crippen molar-refractivity contribution in [2.24, 2.45) is 0 Å². The van der Waals surface area contributed by atoms with Gasteiger partial charge in [0.25, 0.3) is 5.91 Å². The van der Waals surface area contributed by atoms with E-state index in [4.69, 9.17) is 4.98 Å². The van der Waals surface area contributed by atoms with Gasteiger partial charge in [-0.05, 0) is 44.7 Å². The Bertz CT molecular complexity index is 1660. The Labute approximate surface area is 223 Å². The largest absolute Gasteiger partial charge is 0.330 e. The third kappa shape index (κ3) is 3.90. The summed E-state index contributed by atoms with van der Waals surface area (Å²) in [4.78, 5) is 40.8. The summed E-state index contributed by atoms with van der Waals surface area (Å²) in [6, 6.07) is 6.03. The number of piperidine rings is 1. The molecule has 12 heteroatoms. The highest BCUT2D eigenvalue weighted by atomic mass is 16.2. The van der Waals surface area contributed by atoms with Gasteiger partial charge < -0.3 is 4.90 Å². The Morgan fingerprint density at radius 3 is 2.62 bits per heavy atom. The van der Waals surface area contributed by atoms with Gasteiger partial charge in [0.15, 0.2) is 11.9 Å². The van der Waals surface area contributed by atoms with Crippen LogP contribution in [0.1, 0.15) is 65.2 Å². The number of fused-ring (bicyclic) bond motifs is 3. The second-order valence-electron chi connectivity index (χ2n) is 10.1. The van der Waals surface area contributed by atoms with Gasteiger partial charge in [-0.3, -0.25) is 24.4 Å². The number of carbonyl (C=O) groups is 2. The van der Waals surface area contributed by atoms with Gasteiger partial charge in [-0.2, -0.15) is 15.3 Å². The van der Waals surface area contributed by atoms with Crippen molar-refractivity contribution < 1.29 is 9.59 Å². The molecule has 2 aliphatic rings. The summed E-state index contributed by atoms with van der Waals surface area (Å²) in [7, 11) is 0. The lowest BCUT2D eigenvalue weighted by molar-refractivity contribution is 0.0556. The summed E-state index contributed by atoms with van der Waals surface area (Å²) in [5, 5.41) is 15.5. The first-order valence-corrected chi connectivity index (χ1v) is 13.1. The number of aldehydes is 1. The van der Waals surface area contributed by atoms with Crippen LogP contribution in [-0.2, 0) is 6.54 Å². The SMILES string of the molecule is CCn1ccc(-c2ccc(-c3cnn4cc(C=O)c(C5CC6CCC(C5)N6C(=O)c5ncn[nH]5)nc34)cn2)n1. The molecule has 0 saturated carbocycles. The van der Waals surface area contributed by atoms with Crippen LogP contribution in [0.15, 0.2) is 49.3 Å². The lowest BCUT2D eigenvalue weighted by atomic mass is 9.86. The number of aromatic amines is 1. The van der Waals surface area contributed by atoms with Crippen LogP contribution < -0.4 is 0 Å². The van der Waals surface area contributed by atoms with Gasteiger partial charge in [0.05, 0.1) is 23.1 Å². The summed E-state index contributed by atoms with van der Waals surface area (Å²) in [6.45, 7) is 2.84. The Morgan fingerprint density at radius 2 is 1.95 bits per heavy atom. The van der Waals surface area contributed by atoms with Gasteiger partial charge in [0, 0.05) is 54.3 Å². The number of aryl methyl sites for hydroxylation is 1. The van der Waals surface area contributed by atoms with Crippen molar-refractivity contribution in [1.82, 2.24) is 49.4 Å². The molecule has 2 unspecified atom stereocenters. The van der Waals surface area contributed by atoms with Gasteiger partial charge in [0.1, 0.15) is 12.0 Å². The highest BCUT2D eigenvalue weighted by Crippen LogP contribution is 2.44. The second-order valence-corrected chi connectivity index (χ2v) is 10.1. The first kappa shape index (κ1) is 23.4. The predicted molar refractivity (Wildman–Crippen MR) is 140 cm³/mol. The van der Waals surface area contributed by atoms with Crippen molar-refractivity contribution in [2.45, 2.75) is 57.2 Å². The molecule has 5 aromatic rings. The van der Waals surface area contributed by atoms with Gasteiger partial charge in [-0.25, -0.2) is 14.5 Å². The number of aromatic nitrogens is 9. The van der Waals surface area contributed by atoms with E-state index in [-0.39, 0.29) is 29.7 Å². The summed E-state index contributed by atoms with van der Waals surface area (Å²) in [5.41, 5.74) is 5.30. The molecule has 7 heterocycles. The van der Waals surface area contributed by atoms with Crippen molar-refractivity contribution >= 4 is 17.8 Å². The summed E-state index contributed by atoms with van der Waals surface area (Å²) >= 11 is 0. The molecule has 7 rings (SSSR count). The molecule has 39 heavy (non-hydrogen) atoms. The Morgan fingerprint density at radius 1 is 1.10 bits per heavy atom. The maximum absolute atomic E-state index is 13.1. The zero-order valence-corrected chi connectivity index (χ0v) is 21.3. The van der Waals surface area contributed by atoms with E-state index in [1.165, 1.54) is 6.33 Å². The second kappa shape index (κ2) is 9.22. The van der Waals surface area contributed by atoms with Crippen LogP contribution >= 0.6 is 0 Å². The van der Waals surface area contributed by atoms with Crippen LogP contribution in [-0.4, -0.2) is 73.7 Å². The molecule has 0 aromatic carbocycles. The van der Waals surface area contributed by atoms with E-state index in [1.54, 1.807) is 23.1 Å². The fourth-order valence-electron chi connectivity index (χ4n) is 6.10. The van der Waals surface area contributed by atoms with Crippen molar-refractivity contribution in [1.29, 1.82) is 0 Å². The van der Waals surface area contributed by atoms with Crippen LogP contribution in [0.4, 0.5) is 0 Å². The number of pyridine rings is 1. The fraction of sp³-hybridized carbons (Fsp3) is 0.333. The molecule has 0 spiro atoms. The zero-order chi connectivity index (χ0) is 26.5. The molecule has 1 amide bonds. The van der Waals surface area contributed by atoms with Crippen molar-refractivity contribution in [3.05, 3.63) is 66.4 Å². The van der Waals surface area contributed by atoms with Crippen LogP contribution in [0.2, 0.25) is 0 Å². The lowest BCUT2D eigenvalue weighted by Crippen LogP contribution is -2.46. The summed E-state index contributed by atoms with van der Waals surface area (Å²) < 4.78 is 3.52. The molecule has 0 radical (unpaired) electrons. The number of nitrogens with zero attached hydrogens (tertiary/aromatic N) is 9. The maximum Gasteiger partial charge on any atom is 0.291 e. The maximum atomic E-state index is 13.1. The van der Waals surface area contributed by atoms with E-state index in [0.717, 1.165) is 66.7 Å². The molecule has 0 aliphatic carbocycles. The van der Waals surface area contributed by atoms with Gasteiger partial charge in [-0.1, -0.05) is 6.07 Å². The predicted octanol–water partition coefficient (Wildman–Crippen LogP) is 3.16. The average Bonchev–Trinajstić information content (AvgIpc) is 3.78. The summed E-state index contributed by atoms with van der Waals surface area (Å²) in [6.07, 6.45) is 12.8. The third-order valence-corrected chi connectivity index (χ3v) is 7.95. The van der Waals surface area contributed by atoms with Crippen molar-refractivity contribution in [3.63, 3.8) is 0 Å². The third-order valence-electron chi connectivity index (χ3n) is 7.95. The van der Waals surface area contributed by atoms with Crippen LogP contribution in [0.25, 0.3) is 28.2 Å². The van der Waals surface area contributed by atoms with Crippen molar-refractivity contribution in [3.8, 4) is 22.5 Å². The molecule has 2 atom stereocenters. The minimum absolute atomic E-state index is 0.0587. The number of nitrogens with one attached hydrogen (secondary N) is 1. The Kier molecular flexibility index (Phi) is 5.53. The van der Waals surface area contributed by atoms with E-state index in [9.17, 15) is 9.59 Å². The molecule has 2 aliphatic heterocycles. The van der Waals surface area contributed by atoms with Gasteiger partial charge in [-0.15, -0.1) is 0 Å². The van der Waals surface area contributed by atoms with Crippen LogP contribution in [0.5, 0.6) is 0 Å². The average molecular weight is 523 g/mol. The lowest BCUT2D eigenvalue weighted by Gasteiger charge is -2.38. The number of amides is 1. The number of rotatable bonds is 6. The minimum Gasteiger partial charge on any atom is -0.330 e. The first-order chi connectivity index (χ1) is 19.1.